The first kappa shape index (κ1) is 16.7. The van der Waals surface area contributed by atoms with Crippen LogP contribution in [-0.2, 0) is 6.42 Å². The van der Waals surface area contributed by atoms with E-state index in [1.54, 1.807) is 6.07 Å². The summed E-state index contributed by atoms with van der Waals surface area (Å²) in [6, 6.07) is 9.53. The fourth-order valence-electron chi connectivity index (χ4n) is 2.86. The predicted molar refractivity (Wildman–Crippen MR) is 95.4 cm³/mol. The Morgan fingerprint density at radius 2 is 2.00 bits per heavy atom. The molecule has 126 valence electrons. The number of hydrogen-bond donors (Lipinski definition) is 1. The summed E-state index contributed by atoms with van der Waals surface area (Å²) in [7, 11) is 0. The summed E-state index contributed by atoms with van der Waals surface area (Å²) in [6.45, 7) is 2.36. The highest BCUT2D eigenvalue weighted by atomic mass is 35.5. The average molecular weight is 345 g/mol. The first-order chi connectivity index (χ1) is 11.7. The molecule has 3 rings (SSSR count). The molecule has 1 aliphatic heterocycles. The van der Waals surface area contributed by atoms with Gasteiger partial charge in [-0.25, -0.2) is 9.97 Å². The molecule has 1 aromatic carbocycles. The number of aromatic nitrogens is 2. The van der Waals surface area contributed by atoms with E-state index in [1.165, 1.54) is 12.7 Å². The Kier molecular flexibility index (Phi) is 5.64. The normalized spacial score (nSPS) is 14.5. The van der Waals surface area contributed by atoms with Gasteiger partial charge in [-0.15, -0.1) is 0 Å². The van der Waals surface area contributed by atoms with Crippen LogP contribution in [0.4, 0.5) is 5.82 Å². The van der Waals surface area contributed by atoms with Crippen molar-refractivity contribution in [3.63, 3.8) is 0 Å². The van der Waals surface area contributed by atoms with Gasteiger partial charge in [-0.2, -0.15) is 0 Å². The summed E-state index contributed by atoms with van der Waals surface area (Å²) in [5, 5.41) is 3.99. The van der Waals surface area contributed by atoms with Gasteiger partial charge < -0.3 is 10.2 Å². The number of nitrogens with one attached hydrogen (secondary N) is 1. The number of carbonyl (C=O) groups is 1. The third-order valence-corrected chi connectivity index (χ3v) is 4.37. The summed E-state index contributed by atoms with van der Waals surface area (Å²) in [6.07, 6.45) is 5.62. The third kappa shape index (κ3) is 4.45. The van der Waals surface area contributed by atoms with Crippen LogP contribution in [-0.4, -0.2) is 40.4 Å². The smallest absolute Gasteiger partial charge is 0.272 e. The molecule has 0 atom stereocenters. The zero-order valence-electron chi connectivity index (χ0n) is 13.5. The number of likely N-dealkylation sites (tertiary alicyclic amines) is 1. The molecule has 2 aromatic rings. The van der Waals surface area contributed by atoms with Crippen LogP contribution in [0, 0.1) is 0 Å². The van der Waals surface area contributed by atoms with Crippen LogP contribution in [0.2, 0.25) is 5.02 Å². The summed E-state index contributed by atoms with van der Waals surface area (Å²) in [5.74, 6) is 0.669. The first-order valence-electron chi connectivity index (χ1n) is 8.32. The van der Waals surface area contributed by atoms with Crippen molar-refractivity contribution in [3.05, 3.63) is 52.9 Å². The van der Waals surface area contributed by atoms with E-state index in [-0.39, 0.29) is 5.91 Å². The molecular formula is C18H21ClN4O. The fourth-order valence-corrected chi connectivity index (χ4v) is 3.07. The second kappa shape index (κ2) is 8.11. The number of hydrogen-bond acceptors (Lipinski definition) is 4. The van der Waals surface area contributed by atoms with Gasteiger partial charge in [0.15, 0.2) is 0 Å². The fraction of sp³-hybridized carbons (Fsp3) is 0.389. The van der Waals surface area contributed by atoms with E-state index >= 15 is 0 Å². The lowest BCUT2D eigenvalue weighted by molar-refractivity contribution is 0.0718. The molecule has 1 fully saturated rings. The predicted octanol–water partition coefficient (Wildman–Crippen LogP) is 3.41. The van der Waals surface area contributed by atoms with Gasteiger partial charge in [0.05, 0.1) is 0 Å². The topological polar surface area (TPSA) is 58.1 Å². The highest BCUT2D eigenvalue weighted by Gasteiger charge is 2.19. The Hall–Kier alpha value is -2.14. The van der Waals surface area contributed by atoms with Crippen molar-refractivity contribution in [2.45, 2.75) is 25.7 Å². The Morgan fingerprint density at radius 3 is 2.79 bits per heavy atom. The number of rotatable bonds is 5. The van der Waals surface area contributed by atoms with E-state index in [2.05, 4.69) is 15.3 Å². The zero-order valence-corrected chi connectivity index (χ0v) is 14.3. The van der Waals surface area contributed by atoms with Crippen molar-refractivity contribution in [3.8, 4) is 0 Å². The standard InChI is InChI=1S/C18H21ClN4O/c19-15-6-4-5-14(11-15)7-8-20-17-12-16(21-13-22-17)18(24)23-9-2-1-3-10-23/h4-6,11-13H,1-3,7-10H2,(H,20,21,22). The monoisotopic (exact) mass is 344 g/mol. The zero-order chi connectivity index (χ0) is 16.8. The average Bonchev–Trinajstić information content (AvgIpc) is 2.62. The van der Waals surface area contributed by atoms with Crippen LogP contribution in [0.1, 0.15) is 35.3 Å². The van der Waals surface area contributed by atoms with Gasteiger partial charge in [0.1, 0.15) is 17.8 Å². The number of halogens is 1. The largest absolute Gasteiger partial charge is 0.370 e. The van der Waals surface area contributed by atoms with Crippen LogP contribution in [0.5, 0.6) is 0 Å². The SMILES string of the molecule is O=C(c1cc(NCCc2cccc(Cl)c2)ncn1)N1CCCCC1. The van der Waals surface area contributed by atoms with Crippen LogP contribution in [0.15, 0.2) is 36.7 Å². The molecule has 1 aromatic heterocycles. The summed E-state index contributed by atoms with van der Waals surface area (Å²) < 4.78 is 0. The van der Waals surface area contributed by atoms with Crippen molar-refractivity contribution in [1.29, 1.82) is 0 Å². The lowest BCUT2D eigenvalue weighted by Gasteiger charge is -2.26. The maximum absolute atomic E-state index is 12.5. The van der Waals surface area contributed by atoms with Gasteiger partial charge in [-0.3, -0.25) is 4.79 Å². The molecule has 0 aliphatic carbocycles. The van der Waals surface area contributed by atoms with Crippen LogP contribution in [0.3, 0.4) is 0 Å². The molecule has 1 saturated heterocycles. The molecule has 5 nitrogen and oxygen atoms in total. The molecule has 0 unspecified atom stereocenters. The quantitative estimate of drug-likeness (QED) is 0.903. The Bertz CT molecular complexity index is 701. The molecule has 0 radical (unpaired) electrons. The number of nitrogens with zero attached hydrogens (tertiary/aromatic N) is 3. The molecule has 24 heavy (non-hydrogen) atoms. The van der Waals surface area contributed by atoms with Crippen molar-refractivity contribution < 1.29 is 4.79 Å². The van der Waals surface area contributed by atoms with E-state index in [0.29, 0.717) is 18.1 Å². The van der Waals surface area contributed by atoms with Crippen LogP contribution >= 0.6 is 11.6 Å². The number of benzene rings is 1. The van der Waals surface area contributed by atoms with Gasteiger partial charge in [0.2, 0.25) is 0 Å². The van der Waals surface area contributed by atoms with Crippen molar-refractivity contribution in [2.24, 2.45) is 0 Å². The summed E-state index contributed by atoms with van der Waals surface area (Å²) >= 11 is 5.99. The Morgan fingerprint density at radius 1 is 1.17 bits per heavy atom. The Balaban J connectivity index is 1.57. The second-order valence-corrected chi connectivity index (χ2v) is 6.38. The van der Waals surface area contributed by atoms with Gasteiger partial charge in [-0.05, 0) is 43.4 Å². The molecule has 2 heterocycles. The van der Waals surface area contributed by atoms with E-state index in [1.807, 2.05) is 29.2 Å². The number of piperidine rings is 1. The second-order valence-electron chi connectivity index (χ2n) is 5.95. The van der Waals surface area contributed by atoms with Gasteiger partial charge in [0.25, 0.3) is 5.91 Å². The van der Waals surface area contributed by atoms with E-state index in [4.69, 9.17) is 11.6 Å². The molecule has 6 heteroatoms. The van der Waals surface area contributed by atoms with Gasteiger partial charge in [0, 0.05) is 30.7 Å². The first-order valence-corrected chi connectivity index (χ1v) is 8.70. The lowest BCUT2D eigenvalue weighted by Crippen LogP contribution is -2.36. The van der Waals surface area contributed by atoms with E-state index < -0.39 is 0 Å². The molecule has 0 saturated carbocycles. The highest BCUT2D eigenvalue weighted by molar-refractivity contribution is 6.30. The van der Waals surface area contributed by atoms with Gasteiger partial charge in [-0.1, -0.05) is 23.7 Å². The minimum Gasteiger partial charge on any atom is -0.370 e. The summed E-state index contributed by atoms with van der Waals surface area (Å²) in [4.78, 5) is 22.7. The Labute approximate surface area is 147 Å². The molecule has 1 N–H and O–H groups in total. The molecule has 1 amide bonds. The minimum atomic E-state index is -0.00464. The summed E-state index contributed by atoms with van der Waals surface area (Å²) in [5.41, 5.74) is 1.62. The van der Waals surface area contributed by atoms with Crippen LogP contribution in [0.25, 0.3) is 0 Å². The molecule has 1 aliphatic rings. The lowest BCUT2D eigenvalue weighted by atomic mass is 10.1. The van der Waals surface area contributed by atoms with Crippen molar-refractivity contribution in [1.82, 2.24) is 14.9 Å². The number of carbonyl (C=O) groups excluding carboxylic acids is 1. The van der Waals surface area contributed by atoms with Crippen molar-refractivity contribution >= 4 is 23.3 Å². The third-order valence-electron chi connectivity index (χ3n) is 4.14. The maximum Gasteiger partial charge on any atom is 0.272 e. The number of anilines is 1. The minimum absolute atomic E-state index is 0.00464. The molecular weight excluding hydrogens is 324 g/mol. The van der Waals surface area contributed by atoms with Crippen molar-refractivity contribution in [2.75, 3.05) is 25.0 Å². The molecule has 0 bridgehead atoms. The van der Waals surface area contributed by atoms with Crippen LogP contribution < -0.4 is 5.32 Å². The highest BCUT2D eigenvalue weighted by Crippen LogP contribution is 2.14. The van der Waals surface area contributed by atoms with E-state index in [9.17, 15) is 4.79 Å². The van der Waals surface area contributed by atoms with E-state index in [0.717, 1.165) is 42.9 Å². The number of amides is 1. The molecule has 0 spiro atoms. The van der Waals surface area contributed by atoms with Gasteiger partial charge >= 0.3 is 0 Å². The maximum atomic E-state index is 12.5.